The third-order valence-electron chi connectivity index (χ3n) is 4.66. The first-order valence-corrected chi connectivity index (χ1v) is 10.0. The van der Waals surface area contributed by atoms with Gasteiger partial charge in [0.15, 0.2) is 11.5 Å². The summed E-state index contributed by atoms with van der Waals surface area (Å²) in [6, 6.07) is 9.81. The Labute approximate surface area is 192 Å². The van der Waals surface area contributed by atoms with Crippen LogP contribution in [0.15, 0.2) is 30.3 Å². The lowest BCUT2D eigenvalue weighted by Gasteiger charge is -2.19. The standard InChI is InChI=1S/C25H25FN2O5/c1-5-10-18-22(27)19(25(30)32-4)16-21(23(18)31-3)33-15-9-14-28(13-6-2)24(29)17-11-7-8-12-20(17)26/h1,7-8,11-12,16H,9-10,14-15,27H2,2-4H3. The molecule has 0 unspecified atom stereocenters. The second-order valence-electron chi connectivity index (χ2n) is 6.72. The number of nitrogens with zero attached hydrogens (tertiary/aromatic N) is 1. The number of methoxy groups -OCH3 is 2. The van der Waals surface area contributed by atoms with Crippen molar-refractivity contribution in [3.8, 4) is 35.8 Å². The van der Waals surface area contributed by atoms with Crippen molar-refractivity contribution in [2.45, 2.75) is 19.8 Å². The summed E-state index contributed by atoms with van der Waals surface area (Å²) in [5.74, 6) is 3.90. The Bertz CT molecular complexity index is 1130. The summed E-state index contributed by atoms with van der Waals surface area (Å²) >= 11 is 0. The second-order valence-corrected chi connectivity index (χ2v) is 6.72. The maximum Gasteiger partial charge on any atom is 0.340 e. The molecule has 0 aliphatic heterocycles. The van der Waals surface area contributed by atoms with Crippen LogP contribution in [0, 0.1) is 30.1 Å². The number of amides is 1. The van der Waals surface area contributed by atoms with E-state index in [1.807, 2.05) is 0 Å². The van der Waals surface area contributed by atoms with Crippen LogP contribution in [0.5, 0.6) is 11.5 Å². The summed E-state index contributed by atoms with van der Waals surface area (Å²) in [4.78, 5) is 26.0. The largest absolute Gasteiger partial charge is 0.492 e. The minimum Gasteiger partial charge on any atom is -0.492 e. The Morgan fingerprint density at radius 2 is 1.94 bits per heavy atom. The number of anilines is 1. The van der Waals surface area contributed by atoms with Gasteiger partial charge in [0.05, 0.1) is 37.6 Å². The highest BCUT2D eigenvalue weighted by Crippen LogP contribution is 2.38. The van der Waals surface area contributed by atoms with Gasteiger partial charge in [-0.3, -0.25) is 9.69 Å². The predicted molar refractivity (Wildman–Crippen MR) is 122 cm³/mol. The number of benzene rings is 2. The zero-order chi connectivity index (χ0) is 24.4. The van der Waals surface area contributed by atoms with Crippen LogP contribution in [0.3, 0.4) is 0 Å². The number of nitrogen functional groups attached to an aromatic ring is 1. The van der Waals surface area contributed by atoms with Gasteiger partial charge in [-0.25, -0.2) is 9.18 Å². The van der Waals surface area contributed by atoms with Crippen LogP contribution in [0.25, 0.3) is 0 Å². The number of rotatable bonds is 9. The zero-order valence-corrected chi connectivity index (χ0v) is 18.7. The topological polar surface area (TPSA) is 91.1 Å². The van der Waals surface area contributed by atoms with Gasteiger partial charge in [0.2, 0.25) is 0 Å². The van der Waals surface area contributed by atoms with Gasteiger partial charge in [-0.05, 0) is 19.1 Å². The lowest BCUT2D eigenvalue weighted by atomic mass is 10.0. The number of hydrogen-bond acceptors (Lipinski definition) is 6. The van der Waals surface area contributed by atoms with Crippen molar-refractivity contribution in [1.82, 2.24) is 4.90 Å². The number of ether oxygens (including phenoxy) is 3. The Hall–Kier alpha value is -4.17. The highest BCUT2D eigenvalue weighted by atomic mass is 19.1. The molecule has 0 atom stereocenters. The van der Waals surface area contributed by atoms with Gasteiger partial charge in [-0.15, -0.1) is 12.3 Å². The molecule has 0 saturated heterocycles. The first-order valence-electron chi connectivity index (χ1n) is 10.0. The maximum atomic E-state index is 14.0. The van der Waals surface area contributed by atoms with Crippen molar-refractivity contribution in [3.05, 3.63) is 52.8 Å². The molecule has 0 aromatic heterocycles. The van der Waals surface area contributed by atoms with Crippen molar-refractivity contribution in [2.24, 2.45) is 0 Å². The third kappa shape index (κ3) is 5.96. The molecule has 0 aliphatic carbocycles. The normalized spacial score (nSPS) is 9.79. The SMILES string of the molecule is C#CCc1c(N)c(C(=O)OC)cc(OCCCN(C#CC)C(=O)c2ccccc2F)c1OC. The van der Waals surface area contributed by atoms with Crippen molar-refractivity contribution < 1.29 is 28.2 Å². The molecule has 2 rings (SSSR count). The van der Waals surface area contributed by atoms with Crippen LogP contribution in [0.2, 0.25) is 0 Å². The Kier molecular flexibility index (Phi) is 9.14. The Balaban J connectivity index is 2.19. The highest BCUT2D eigenvalue weighted by Gasteiger charge is 2.22. The molecule has 2 aromatic carbocycles. The first kappa shape index (κ1) is 25.1. The van der Waals surface area contributed by atoms with Crippen LogP contribution in [0.4, 0.5) is 10.1 Å². The zero-order valence-electron chi connectivity index (χ0n) is 18.7. The average Bonchev–Trinajstić information content (AvgIpc) is 2.82. The number of esters is 1. The molecule has 0 aliphatic rings. The summed E-state index contributed by atoms with van der Waals surface area (Å²) in [6.07, 6.45) is 5.92. The number of hydrogen-bond donors (Lipinski definition) is 1. The molecule has 0 fully saturated rings. The summed E-state index contributed by atoms with van der Waals surface area (Å²) < 4.78 is 30.0. The molecule has 1 amide bonds. The smallest absolute Gasteiger partial charge is 0.340 e. The van der Waals surface area contributed by atoms with Crippen LogP contribution in [0.1, 0.15) is 39.6 Å². The predicted octanol–water partition coefficient (Wildman–Crippen LogP) is 3.27. The van der Waals surface area contributed by atoms with Crippen molar-refractivity contribution in [1.29, 1.82) is 0 Å². The third-order valence-corrected chi connectivity index (χ3v) is 4.66. The molecule has 33 heavy (non-hydrogen) atoms. The first-order chi connectivity index (χ1) is 15.9. The van der Waals surface area contributed by atoms with E-state index in [2.05, 4.69) is 17.9 Å². The second kappa shape index (κ2) is 12.0. The fourth-order valence-electron chi connectivity index (χ4n) is 3.12. The molecule has 2 N–H and O–H groups in total. The van der Waals surface area contributed by atoms with E-state index < -0.39 is 17.7 Å². The van der Waals surface area contributed by atoms with Gasteiger partial charge < -0.3 is 19.9 Å². The van der Waals surface area contributed by atoms with Gasteiger partial charge in [0.25, 0.3) is 5.91 Å². The molecule has 7 nitrogen and oxygen atoms in total. The van der Waals surface area contributed by atoms with Crippen LogP contribution in [-0.4, -0.2) is 44.1 Å². The van der Waals surface area contributed by atoms with E-state index in [4.69, 9.17) is 26.4 Å². The Morgan fingerprint density at radius 3 is 2.55 bits per heavy atom. The molecule has 0 bridgehead atoms. The molecule has 0 saturated carbocycles. The number of terminal acetylenes is 1. The van der Waals surface area contributed by atoms with Gasteiger partial charge in [0, 0.05) is 37.1 Å². The lowest BCUT2D eigenvalue weighted by molar-refractivity contribution is 0.0600. The van der Waals surface area contributed by atoms with E-state index in [1.165, 1.54) is 43.4 Å². The van der Waals surface area contributed by atoms with E-state index in [0.717, 1.165) is 0 Å². The van der Waals surface area contributed by atoms with E-state index in [-0.39, 0.29) is 42.1 Å². The lowest BCUT2D eigenvalue weighted by Crippen LogP contribution is -2.29. The molecule has 0 radical (unpaired) electrons. The molecule has 8 heteroatoms. The number of nitrogens with two attached hydrogens (primary N) is 1. The number of carbonyl (C=O) groups is 2. The summed E-state index contributed by atoms with van der Waals surface area (Å²) in [6.45, 7) is 1.91. The highest BCUT2D eigenvalue weighted by molar-refractivity contribution is 5.97. The molecule has 172 valence electrons. The summed E-state index contributed by atoms with van der Waals surface area (Å²) in [5, 5.41) is 0. The van der Waals surface area contributed by atoms with Crippen LogP contribution < -0.4 is 15.2 Å². The van der Waals surface area contributed by atoms with E-state index in [1.54, 1.807) is 13.0 Å². The van der Waals surface area contributed by atoms with Gasteiger partial charge >= 0.3 is 5.97 Å². The van der Waals surface area contributed by atoms with Gasteiger partial charge in [-0.2, -0.15) is 0 Å². The monoisotopic (exact) mass is 452 g/mol. The van der Waals surface area contributed by atoms with E-state index in [9.17, 15) is 14.0 Å². The quantitative estimate of drug-likeness (QED) is 0.206. The fourth-order valence-corrected chi connectivity index (χ4v) is 3.12. The van der Waals surface area contributed by atoms with Crippen LogP contribution >= 0.6 is 0 Å². The maximum absolute atomic E-state index is 14.0. The molecule has 2 aromatic rings. The summed E-state index contributed by atoms with van der Waals surface area (Å²) in [5.41, 5.74) is 6.73. The summed E-state index contributed by atoms with van der Waals surface area (Å²) in [7, 11) is 2.68. The van der Waals surface area contributed by atoms with E-state index in [0.29, 0.717) is 17.7 Å². The number of halogens is 1. The van der Waals surface area contributed by atoms with Gasteiger partial charge in [-0.1, -0.05) is 18.1 Å². The van der Waals surface area contributed by atoms with Crippen molar-refractivity contribution >= 4 is 17.6 Å². The Morgan fingerprint density at radius 1 is 1.21 bits per heavy atom. The minimum atomic E-state index is -0.641. The van der Waals surface area contributed by atoms with Gasteiger partial charge in [0.1, 0.15) is 5.82 Å². The molecule has 0 heterocycles. The number of carbonyl (C=O) groups excluding carboxylic acids is 2. The minimum absolute atomic E-state index is 0.0666. The van der Waals surface area contributed by atoms with Crippen LogP contribution in [-0.2, 0) is 11.2 Å². The fraction of sp³-hybridized carbons (Fsp3) is 0.280. The molecule has 0 spiro atoms. The van der Waals surface area contributed by atoms with E-state index >= 15 is 0 Å². The average molecular weight is 452 g/mol. The van der Waals surface area contributed by atoms with Crippen molar-refractivity contribution in [3.63, 3.8) is 0 Å². The molecular weight excluding hydrogens is 427 g/mol. The molecular formula is C25H25FN2O5. The van der Waals surface area contributed by atoms with Crippen molar-refractivity contribution in [2.75, 3.05) is 33.1 Å².